The van der Waals surface area contributed by atoms with Crippen LogP contribution in [-0.4, -0.2) is 5.66 Å². The van der Waals surface area contributed by atoms with Crippen molar-refractivity contribution in [1.29, 1.82) is 0 Å². The molecular weight excluding hydrogens is 151 g/mol. The highest BCUT2D eigenvalue weighted by atomic mass is 31.0. The first-order valence-corrected chi connectivity index (χ1v) is 5.13. The lowest BCUT2D eigenvalue weighted by Crippen LogP contribution is -2.02. The van der Waals surface area contributed by atoms with E-state index < -0.39 is 0 Å². The van der Waals surface area contributed by atoms with E-state index in [0.717, 1.165) is 5.92 Å². The molecule has 0 nitrogen and oxygen atoms in total. The number of allylic oxidation sites excluding steroid dienone is 2. The summed E-state index contributed by atoms with van der Waals surface area (Å²) in [7, 11) is 2.84. The Morgan fingerprint density at radius 3 is 2.09 bits per heavy atom. The molecule has 0 radical (unpaired) electrons. The fraction of sp³-hybridized carbons (Fsp3) is 0.800. The van der Waals surface area contributed by atoms with Gasteiger partial charge in [-0.25, -0.2) is 0 Å². The van der Waals surface area contributed by atoms with E-state index in [1.54, 1.807) is 0 Å². The Bertz CT molecular complexity index is 114. The van der Waals surface area contributed by atoms with E-state index >= 15 is 0 Å². The van der Waals surface area contributed by atoms with Crippen LogP contribution in [0.2, 0.25) is 0 Å². The molecule has 3 atom stereocenters. The topological polar surface area (TPSA) is 0 Å². The molecule has 66 valence electrons. The third kappa shape index (κ3) is 6.56. The standard InChI is InChI=1S/C10H21P/c1-8(2)6-5-7-9(3)10(4)11/h5,7-10H,6,11H2,1-4H3/b7-5+. The smallest absolute Gasteiger partial charge is 0.0202 e. The molecule has 0 spiro atoms. The van der Waals surface area contributed by atoms with Crippen molar-refractivity contribution in [1.82, 2.24) is 0 Å². The molecule has 3 unspecified atom stereocenters. The third-order valence-corrected chi connectivity index (χ3v) is 2.48. The molecule has 0 rings (SSSR count). The van der Waals surface area contributed by atoms with Gasteiger partial charge in [-0.05, 0) is 23.9 Å². The van der Waals surface area contributed by atoms with Crippen molar-refractivity contribution in [2.24, 2.45) is 11.8 Å². The summed E-state index contributed by atoms with van der Waals surface area (Å²) in [6.45, 7) is 8.99. The first kappa shape index (κ1) is 11.2. The summed E-state index contributed by atoms with van der Waals surface area (Å²) >= 11 is 0. The van der Waals surface area contributed by atoms with Gasteiger partial charge in [0, 0.05) is 0 Å². The molecule has 0 amide bonds. The predicted octanol–water partition coefficient (Wildman–Crippen LogP) is 3.49. The van der Waals surface area contributed by atoms with Crippen molar-refractivity contribution in [3.8, 4) is 0 Å². The Morgan fingerprint density at radius 2 is 1.73 bits per heavy atom. The minimum absolute atomic E-state index is 0.693. The number of hydrogen-bond acceptors (Lipinski definition) is 0. The first-order chi connectivity index (χ1) is 5.04. The van der Waals surface area contributed by atoms with Crippen LogP contribution in [0.3, 0.4) is 0 Å². The molecule has 0 bridgehead atoms. The van der Waals surface area contributed by atoms with E-state index in [2.05, 4.69) is 49.1 Å². The first-order valence-electron chi connectivity index (χ1n) is 4.46. The Kier molecular flexibility index (Phi) is 5.86. The van der Waals surface area contributed by atoms with Gasteiger partial charge < -0.3 is 0 Å². The van der Waals surface area contributed by atoms with Crippen LogP contribution in [0.1, 0.15) is 34.1 Å². The zero-order valence-corrected chi connectivity index (χ0v) is 9.33. The largest absolute Gasteiger partial charge is 0.134 e. The van der Waals surface area contributed by atoms with Crippen molar-refractivity contribution < 1.29 is 0 Å². The summed E-state index contributed by atoms with van der Waals surface area (Å²) in [4.78, 5) is 0. The average molecular weight is 172 g/mol. The van der Waals surface area contributed by atoms with Gasteiger partial charge in [-0.1, -0.05) is 39.8 Å². The maximum absolute atomic E-state index is 2.84. The molecule has 0 aromatic heterocycles. The lowest BCUT2D eigenvalue weighted by molar-refractivity contribution is 0.652. The van der Waals surface area contributed by atoms with Crippen molar-refractivity contribution in [2.75, 3.05) is 0 Å². The van der Waals surface area contributed by atoms with E-state index in [1.165, 1.54) is 6.42 Å². The van der Waals surface area contributed by atoms with Gasteiger partial charge in [-0.3, -0.25) is 0 Å². The second-order valence-corrected chi connectivity index (χ2v) is 4.83. The SMILES string of the molecule is CC(C)C/C=C/C(C)C(C)P. The van der Waals surface area contributed by atoms with E-state index in [9.17, 15) is 0 Å². The fourth-order valence-electron chi connectivity index (χ4n) is 0.741. The summed E-state index contributed by atoms with van der Waals surface area (Å²) in [5.41, 5.74) is 0.693. The van der Waals surface area contributed by atoms with Crippen LogP contribution in [-0.2, 0) is 0 Å². The van der Waals surface area contributed by atoms with E-state index in [4.69, 9.17) is 0 Å². The van der Waals surface area contributed by atoms with Crippen LogP contribution in [0.5, 0.6) is 0 Å². The molecule has 11 heavy (non-hydrogen) atoms. The summed E-state index contributed by atoms with van der Waals surface area (Å²) < 4.78 is 0. The molecule has 0 aliphatic carbocycles. The van der Waals surface area contributed by atoms with Crippen LogP contribution in [0, 0.1) is 11.8 Å². The predicted molar refractivity (Wildman–Crippen MR) is 56.9 cm³/mol. The Labute approximate surface area is 73.7 Å². The Morgan fingerprint density at radius 1 is 1.18 bits per heavy atom. The second kappa shape index (κ2) is 5.77. The number of rotatable bonds is 4. The molecule has 0 aliphatic rings. The molecule has 1 heteroatoms. The monoisotopic (exact) mass is 172 g/mol. The van der Waals surface area contributed by atoms with Crippen LogP contribution >= 0.6 is 9.24 Å². The van der Waals surface area contributed by atoms with Gasteiger partial charge >= 0.3 is 0 Å². The highest BCUT2D eigenvalue weighted by Gasteiger charge is 2.01. The molecule has 0 saturated heterocycles. The Hall–Kier alpha value is 0.170. The third-order valence-electron chi connectivity index (χ3n) is 1.88. The highest BCUT2D eigenvalue weighted by molar-refractivity contribution is 7.17. The molecule has 0 aromatic rings. The Balaban J connectivity index is 3.56. The zero-order chi connectivity index (χ0) is 8.85. The van der Waals surface area contributed by atoms with Gasteiger partial charge in [0.15, 0.2) is 0 Å². The van der Waals surface area contributed by atoms with Gasteiger partial charge in [0.05, 0.1) is 0 Å². The van der Waals surface area contributed by atoms with Crippen molar-refractivity contribution >= 4 is 9.24 Å². The maximum atomic E-state index is 2.84. The molecule has 0 fully saturated rings. The van der Waals surface area contributed by atoms with Gasteiger partial charge in [-0.15, -0.1) is 9.24 Å². The summed E-state index contributed by atoms with van der Waals surface area (Å²) in [6, 6.07) is 0. The minimum atomic E-state index is 0.693. The number of hydrogen-bond donors (Lipinski definition) is 0. The summed E-state index contributed by atoms with van der Waals surface area (Å²) in [5.74, 6) is 1.48. The van der Waals surface area contributed by atoms with Gasteiger partial charge in [0.2, 0.25) is 0 Å². The van der Waals surface area contributed by atoms with Gasteiger partial charge in [0.1, 0.15) is 0 Å². The summed E-state index contributed by atoms with van der Waals surface area (Å²) in [6.07, 6.45) is 5.83. The van der Waals surface area contributed by atoms with Crippen LogP contribution in [0.4, 0.5) is 0 Å². The molecule has 0 saturated carbocycles. The minimum Gasteiger partial charge on any atom is -0.134 e. The van der Waals surface area contributed by atoms with Crippen molar-refractivity contribution in [2.45, 2.75) is 39.8 Å². The average Bonchev–Trinajstić information content (AvgIpc) is 1.86. The van der Waals surface area contributed by atoms with Crippen molar-refractivity contribution in [3.63, 3.8) is 0 Å². The fourth-order valence-corrected chi connectivity index (χ4v) is 0.869. The van der Waals surface area contributed by atoms with E-state index in [0.29, 0.717) is 11.6 Å². The highest BCUT2D eigenvalue weighted by Crippen LogP contribution is 2.14. The molecule has 0 aliphatic heterocycles. The van der Waals surface area contributed by atoms with E-state index in [-0.39, 0.29) is 0 Å². The van der Waals surface area contributed by atoms with Crippen LogP contribution in [0.25, 0.3) is 0 Å². The van der Waals surface area contributed by atoms with E-state index in [1.807, 2.05) is 0 Å². The molecule has 0 heterocycles. The lowest BCUT2D eigenvalue weighted by Gasteiger charge is -2.09. The quantitative estimate of drug-likeness (QED) is 0.450. The summed E-state index contributed by atoms with van der Waals surface area (Å²) in [5, 5.41) is 0. The van der Waals surface area contributed by atoms with Gasteiger partial charge in [0.25, 0.3) is 0 Å². The molecule has 0 aromatic carbocycles. The van der Waals surface area contributed by atoms with Crippen LogP contribution < -0.4 is 0 Å². The maximum Gasteiger partial charge on any atom is -0.0202 e. The van der Waals surface area contributed by atoms with Crippen molar-refractivity contribution in [3.05, 3.63) is 12.2 Å². The lowest BCUT2D eigenvalue weighted by atomic mass is 10.1. The molecule has 0 N–H and O–H groups in total. The van der Waals surface area contributed by atoms with Gasteiger partial charge in [-0.2, -0.15) is 0 Å². The normalized spacial score (nSPS) is 17.6. The second-order valence-electron chi connectivity index (χ2n) is 3.78. The molecular formula is C10H21P. The van der Waals surface area contributed by atoms with Crippen LogP contribution in [0.15, 0.2) is 12.2 Å². The zero-order valence-electron chi connectivity index (χ0n) is 8.17.